The second-order valence-corrected chi connectivity index (χ2v) is 5.33. The zero-order chi connectivity index (χ0) is 11.5. The minimum Gasteiger partial charge on any atom is -0.388 e. The summed E-state index contributed by atoms with van der Waals surface area (Å²) >= 11 is 0. The summed E-state index contributed by atoms with van der Waals surface area (Å²) in [6, 6.07) is -0.561. The van der Waals surface area contributed by atoms with Gasteiger partial charge in [0.25, 0.3) is 0 Å². The van der Waals surface area contributed by atoms with Crippen molar-refractivity contribution >= 4 is 15.4 Å². The van der Waals surface area contributed by atoms with Crippen LogP contribution in [-0.4, -0.2) is 51.9 Å². The molecule has 0 aromatic heterocycles. The Bertz CT molecular complexity index is 242. The number of ether oxygens (including phenoxy) is 2. The molecule has 1 aliphatic heterocycles. The molecule has 0 amide bonds. The van der Waals surface area contributed by atoms with Crippen molar-refractivity contribution in [2.75, 3.05) is 20.6 Å². The highest BCUT2D eigenvalue weighted by molar-refractivity contribution is 7.53. The molecule has 3 unspecified atom stereocenters. The summed E-state index contributed by atoms with van der Waals surface area (Å²) < 4.78 is 31.0. The Labute approximate surface area is 89.8 Å². The SMILES string of the molecule is [B]C1CC(O)C(OCP(=O)(OC)OC)O1. The van der Waals surface area contributed by atoms with E-state index in [1.54, 1.807) is 0 Å². The second-order valence-electron chi connectivity index (χ2n) is 3.12. The van der Waals surface area contributed by atoms with E-state index in [0.717, 1.165) is 0 Å². The monoisotopic (exact) mass is 236 g/mol. The summed E-state index contributed by atoms with van der Waals surface area (Å²) in [5, 5.41) is 9.40. The summed E-state index contributed by atoms with van der Waals surface area (Å²) in [5.41, 5.74) is 0. The molecule has 0 saturated carbocycles. The van der Waals surface area contributed by atoms with Gasteiger partial charge in [-0.25, -0.2) is 0 Å². The van der Waals surface area contributed by atoms with Crippen LogP contribution in [0.2, 0.25) is 0 Å². The molecular weight excluding hydrogens is 222 g/mol. The van der Waals surface area contributed by atoms with Crippen molar-refractivity contribution in [2.24, 2.45) is 0 Å². The van der Waals surface area contributed by atoms with Crippen molar-refractivity contribution in [3.05, 3.63) is 0 Å². The van der Waals surface area contributed by atoms with Crippen LogP contribution in [0.15, 0.2) is 0 Å². The maximum absolute atomic E-state index is 11.6. The van der Waals surface area contributed by atoms with Gasteiger partial charge < -0.3 is 23.6 Å². The van der Waals surface area contributed by atoms with Gasteiger partial charge in [-0.15, -0.1) is 0 Å². The molecule has 0 bridgehead atoms. The van der Waals surface area contributed by atoms with E-state index in [4.69, 9.17) is 17.3 Å². The van der Waals surface area contributed by atoms with Gasteiger partial charge in [-0.1, -0.05) is 0 Å². The Hall–Kier alpha value is 0.0949. The zero-order valence-corrected chi connectivity index (χ0v) is 9.55. The lowest BCUT2D eigenvalue weighted by Crippen LogP contribution is -2.25. The van der Waals surface area contributed by atoms with Crippen LogP contribution in [0.3, 0.4) is 0 Å². The number of aliphatic hydroxyl groups excluding tert-OH is 1. The average Bonchev–Trinajstić information content (AvgIpc) is 2.54. The molecule has 1 saturated heterocycles. The fourth-order valence-corrected chi connectivity index (χ4v) is 1.85. The predicted octanol–water partition coefficient (Wildman–Crippen LogP) is 0.0483. The zero-order valence-electron chi connectivity index (χ0n) is 8.66. The lowest BCUT2D eigenvalue weighted by atomic mass is 9.97. The van der Waals surface area contributed by atoms with Gasteiger partial charge in [-0.3, -0.25) is 4.57 Å². The molecule has 86 valence electrons. The van der Waals surface area contributed by atoms with Gasteiger partial charge in [0.2, 0.25) is 0 Å². The topological polar surface area (TPSA) is 74.2 Å². The van der Waals surface area contributed by atoms with Gasteiger partial charge in [0.1, 0.15) is 14.0 Å². The van der Waals surface area contributed by atoms with Crippen LogP contribution in [0.4, 0.5) is 0 Å². The third-order valence-corrected chi connectivity index (χ3v) is 3.63. The van der Waals surface area contributed by atoms with Crippen molar-refractivity contribution in [3.63, 3.8) is 0 Å². The molecule has 1 rings (SSSR count). The minimum atomic E-state index is -3.23. The molecule has 1 aliphatic rings. The summed E-state index contributed by atoms with van der Waals surface area (Å²) in [5.74, 6) is 0. The lowest BCUT2D eigenvalue weighted by Gasteiger charge is -2.19. The maximum Gasteiger partial charge on any atom is 0.355 e. The van der Waals surface area contributed by atoms with E-state index >= 15 is 0 Å². The fourth-order valence-electron chi connectivity index (χ4n) is 1.16. The molecule has 8 heteroatoms. The highest BCUT2D eigenvalue weighted by Crippen LogP contribution is 2.46. The van der Waals surface area contributed by atoms with Gasteiger partial charge in [-0.2, -0.15) is 0 Å². The Morgan fingerprint density at radius 3 is 2.53 bits per heavy atom. The van der Waals surface area contributed by atoms with Crippen LogP contribution in [0.5, 0.6) is 0 Å². The molecule has 1 fully saturated rings. The molecule has 0 spiro atoms. The van der Waals surface area contributed by atoms with E-state index < -0.39 is 26.0 Å². The number of aliphatic hydroxyl groups is 1. The van der Waals surface area contributed by atoms with E-state index in [9.17, 15) is 9.67 Å². The third-order valence-electron chi connectivity index (χ3n) is 2.05. The first-order valence-electron chi connectivity index (χ1n) is 4.42. The maximum atomic E-state index is 11.6. The van der Waals surface area contributed by atoms with Crippen molar-refractivity contribution < 1.29 is 28.2 Å². The lowest BCUT2D eigenvalue weighted by molar-refractivity contribution is -0.146. The quantitative estimate of drug-likeness (QED) is 0.536. The van der Waals surface area contributed by atoms with Crippen molar-refractivity contribution in [2.45, 2.75) is 24.8 Å². The average molecular weight is 236 g/mol. The molecule has 1 heterocycles. The number of rotatable bonds is 5. The molecule has 15 heavy (non-hydrogen) atoms. The Morgan fingerprint density at radius 2 is 2.13 bits per heavy atom. The number of hydrogen-bond acceptors (Lipinski definition) is 6. The molecule has 0 aromatic rings. The van der Waals surface area contributed by atoms with Gasteiger partial charge in [0.15, 0.2) is 12.6 Å². The fraction of sp³-hybridized carbons (Fsp3) is 1.00. The first-order chi connectivity index (χ1) is 7.00. The van der Waals surface area contributed by atoms with Crippen LogP contribution in [0, 0.1) is 0 Å². The Balaban J connectivity index is 2.40. The van der Waals surface area contributed by atoms with Gasteiger partial charge >= 0.3 is 7.60 Å². The van der Waals surface area contributed by atoms with Gasteiger partial charge in [-0.05, 0) is 6.42 Å². The summed E-state index contributed by atoms with van der Waals surface area (Å²) in [7, 11) is 4.70. The van der Waals surface area contributed by atoms with Crippen molar-refractivity contribution in [1.82, 2.24) is 0 Å². The Kier molecular flexibility index (Phi) is 4.77. The van der Waals surface area contributed by atoms with E-state index in [0.29, 0.717) is 0 Å². The van der Waals surface area contributed by atoms with Crippen LogP contribution >= 0.6 is 7.60 Å². The summed E-state index contributed by atoms with van der Waals surface area (Å²) in [6.07, 6.45) is -1.69. The third kappa shape index (κ3) is 3.55. The van der Waals surface area contributed by atoms with Crippen LogP contribution in [-0.2, 0) is 23.1 Å². The standard InChI is InChI=1S/C7H14BO6P/c1-11-15(10,12-2)4-13-7-5(9)3-6(8)14-7/h5-7,9H,3-4H2,1-2H3. The summed E-state index contributed by atoms with van der Waals surface area (Å²) in [4.78, 5) is 0. The molecule has 3 atom stereocenters. The largest absolute Gasteiger partial charge is 0.388 e. The summed E-state index contributed by atoms with van der Waals surface area (Å²) in [6.45, 7) is 0. The molecular formula is C7H14BO6P. The second kappa shape index (κ2) is 5.43. The van der Waals surface area contributed by atoms with E-state index in [1.165, 1.54) is 14.2 Å². The molecule has 0 aliphatic carbocycles. The Morgan fingerprint density at radius 1 is 1.53 bits per heavy atom. The molecule has 1 N–H and O–H groups in total. The highest BCUT2D eigenvalue weighted by atomic mass is 31.2. The van der Waals surface area contributed by atoms with Crippen molar-refractivity contribution in [1.29, 1.82) is 0 Å². The van der Waals surface area contributed by atoms with Gasteiger partial charge in [0.05, 0.1) is 0 Å². The molecule has 0 aromatic carbocycles. The van der Waals surface area contributed by atoms with Crippen LogP contribution in [0.1, 0.15) is 6.42 Å². The predicted molar refractivity (Wildman–Crippen MR) is 52.6 cm³/mol. The van der Waals surface area contributed by atoms with E-state index in [-0.39, 0.29) is 12.8 Å². The first-order valence-corrected chi connectivity index (χ1v) is 6.15. The van der Waals surface area contributed by atoms with Gasteiger partial charge in [0, 0.05) is 20.2 Å². The van der Waals surface area contributed by atoms with E-state index in [1.807, 2.05) is 0 Å². The van der Waals surface area contributed by atoms with E-state index in [2.05, 4.69) is 9.05 Å². The highest BCUT2D eigenvalue weighted by Gasteiger charge is 2.34. The minimum absolute atomic E-state index is 0.283. The number of hydrogen-bond donors (Lipinski definition) is 1. The normalized spacial score (nSPS) is 32.1. The first kappa shape index (κ1) is 13.2. The van der Waals surface area contributed by atoms with Crippen LogP contribution in [0.25, 0.3) is 0 Å². The molecule has 6 nitrogen and oxygen atoms in total. The smallest absolute Gasteiger partial charge is 0.355 e. The van der Waals surface area contributed by atoms with Crippen molar-refractivity contribution in [3.8, 4) is 0 Å². The molecule has 2 radical (unpaired) electrons. The van der Waals surface area contributed by atoms with Crippen LogP contribution < -0.4 is 0 Å².